The summed E-state index contributed by atoms with van der Waals surface area (Å²) < 4.78 is 0. The standard InChI is InChI=1S/C15H18ClN3S/c1-3-6-17-9-12-8-11(2)14(19-10-12)20-15-13(16)5-4-7-18-15/h4-5,7-8,10,17H,3,6,9H2,1-2H3. The van der Waals surface area contributed by atoms with Crippen molar-refractivity contribution in [3.05, 3.63) is 46.7 Å². The summed E-state index contributed by atoms with van der Waals surface area (Å²) in [7, 11) is 0. The molecule has 20 heavy (non-hydrogen) atoms. The minimum absolute atomic E-state index is 0.660. The minimum atomic E-state index is 0.660. The molecule has 0 amide bonds. The average molecular weight is 308 g/mol. The van der Waals surface area contributed by atoms with Gasteiger partial charge in [-0.1, -0.05) is 24.6 Å². The van der Waals surface area contributed by atoms with Gasteiger partial charge in [0, 0.05) is 18.9 Å². The van der Waals surface area contributed by atoms with Gasteiger partial charge in [0.05, 0.1) is 5.02 Å². The molecule has 106 valence electrons. The molecule has 0 saturated carbocycles. The van der Waals surface area contributed by atoms with Crippen molar-refractivity contribution in [3.8, 4) is 0 Å². The van der Waals surface area contributed by atoms with Crippen LogP contribution in [0.3, 0.4) is 0 Å². The third-order valence-electron chi connectivity index (χ3n) is 2.76. The molecule has 0 bridgehead atoms. The fourth-order valence-electron chi connectivity index (χ4n) is 1.77. The predicted octanol–water partition coefficient (Wildman–Crippen LogP) is 4.09. The van der Waals surface area contributed by atoms with Crippen molar-refractivity contribution in [1.29, 1.82) is 0 Å². The molecule has 0 aliphatic carbocycles. The number of nitrogens with one attached hydrogen (secondary N) is 1. The average Bonchev–Trinajstić information content (AvgIpc) is 2.44. The second-order valence-electron chi connectivity index (χ2n) is 4.53. The normalized spacial score (nSPS) is 10.8. The van der Waals surface area contributed by atoms with E-state index in [1.807, 2.05) is 18.3 Å². The molecule has 2 heterocycles. The topological polar surface area (TPSA) is 37.8 Å². The molecule has 0 unspecified atom stereocenters. The maximum atomic E-state index is 6.12. The summed E-state index contributed by atoms with van der Waals surface area (Å²) in [4.78, 5) is 8.79. The molecule has 1 N–H and O–H groups in total. The summed E-state index contributed by atoms with van der Waals surface area (Å²) >= 11 is 7.62. The maximum absolute atomic E-state index is 6.12. The van der Waals surface area contributed by atoms with Gasteiger partial charge in [-0.25, -0.2) is 9.97 Å². The second-order valence-corrected chi connectivity index (χ2v) is 5.92. The Morgan fingerprint density at radius 1 is 1.30 bits per heavy atom. The van der Waals surface area contributed by atoms with Crippen molar-refractivity contribution in [3.63, 3.8) is 0 Å². The molecule has 2 rings (SSSR count). The van der Waals surface area contributed by atoms with Gasteiger partial charge in [-0.2, -0.15) is 0 Å². The van der Waals surface area contributed by atoms with Crippen LogP contribution in [-0.2, 0) is 6.54 Å². The van der Waals surface area contributed by atoms with Crippen LogP contribution in [0, 0.1) is 6.92 Å². The first kappa shape index (κ1) is 15.3. The Hall–Kier alpha value is -1.10. The molecule has 0 fully saturated rings. The molecular weight excluding hydrogens is 290 g/mol. The zero-order valence-corrected chi connectivity index (χ0v) is 13.3. The highest BCUT2D eigenvalue weighted by Crippen LogP contribution is 2.31. The Morgan fingerprint density at radius 2 is 2.15 bits per heavy atom. The number of nitrogens with zero attached hydrogens (tertiary/aromatic N) is 2. The van der Waals surface area contributed by atoms with Crippen LogP contribution in [-0.4, -0.2) is 16.5 Å². The quantitative estimate of drug-likeness (QED) is 0.816. The third-order valence-corrected chi connectivity index (χ3v) is 4.32. The molecule has 0 aliphatic heterocycles. The first-order valence-electron chi connectivity index (χ1n) is 6.65. The van der Waals surface area contributed by atoms with Crippen molar-refractivity contribution in [2.75, 3.05) is 6.54 Å². The van der Waals surface area contributed by atoms with E-state index < -0.39 is 0 Å². The lowest BCUT2D eigenvalue weighted by Gasteiger charge is -2.08. The van der Waals surface area contributed by atoms with Crippen LogP contribution in [0.1, 0.15) is 24.5 Å². The Kier molecular flexibility index (Phi) is 5.83. The number of rotatable bonds is 6. The van der Waals surface area contributed by atoms with Gasteiger partial charge in [0.25, 0.3) is 0 Å². The largest absolute Gasteiger partial charge is 0.313 e. The number of hydrogen-bond donors (Lipinski definition) is 1. The van der Waals surface area contributed by atoms with Gasteiger partial charge < -0.3 is 5.32 Å². The van der Waals surface area contributed by atoms with Crippen LogP contribution in [0.4, 0.5) is 0 Å². The van der Waals surface area contributed by atoms with E-state index in [0.717, 1.165) is 35.1 Å². The lowest BCUT2D eigenvalue weighted by atomic mass is 10.2. The monoisotopic (exact) mass is 307 g/mol. The van der Waals surface area contributed by atoms with Gasteiger partial charge in [0.1, 0.15) is 10.1 Å². The Bertz CT molecular complexity index is 575. The molecule has 0 aromatic carbocycles. The van der Waals surface area contributed by atoms with E-state index in [9.17, 15) is 0 Å². The van der Waals surface area contributed by atoms with Gasteiger partial charge in [0.15, 0.2) is 0 Å². The minimum Gasteiger partial charge on any atom is -0.313 e. The number of halogens is 1. The maximum Gasteiger partial charge on any atom is 0.121 e. The molecule has 2 aromatic rings. The molecule has 5 heteroatoms. The van der Waals surface area contributed by atoms with E-state index in [-0.39, 0.29) is 0 Å². The van der Waals surface area contributed by atoms with Crippen molar-refractivity contribution in [2.24, 2.45) is 0 Å². The molecule has 0 atom stereocenters. The molecular formula is C15H18ClN3S. The smallest absolute Gasteiger partial charge is 0.121 e. The molecule has 3 nitrogen and oxygen atoms in total. The van der Waals surface area contributed by atoms with E-state index in [4.69, 9.17) is 11.6 Å². The Labute approximate surface area is 129 Å². The molecule has 0 spiro atoms. The highest BCUT2D eigenvalue weighted by atomic mass is 35.5. The van der Waals surface area contributed by atoms with E-state index in [2.05, 4.69) is 35.2 Å². The summed E-state index contributed by atoms with van der Waals surface area (Å²) in [5.74, 6) is 0. The predicted molar refractivity (Wildman–Crippen MR) is 84.3 cm³/mol. The summed E-state index contributed by atoms with van der Waals surface area (Å²) in [6.45, 7) is 6.11. The first-order valence-corrected chi connectivity index (χ1v) is 7.84. The fourth-order valence-corrected chi connectivity index (χ4v) is 2.80. The van der Waals surface area contributed by atoms with E-state index in [1.165, 1.54) is 17.3 Å². The van der Waals surface area contributed by atoms with Crippen LogP contribution in [0.2, 0.25) is 5.02 Å². The lowest BCUT2D eigenvalue weighted by molar-refractivity contribution is 0.672. The van der Waals surface area contributed by atoms with Crippen molar-refractivity contribution in [2.45, 2.75) is 36.9 Å². The highest BCUT2D eigenvalue weighted by molar-refractivity contribution is 7.99. The number of hydrogen-bond acceptors (Lipinski definition) is 4. The van der Waals surface area contributed by atoms with Gasteiger partial charge in [-0.15, -0.1) is 0 Å². The second kappa shape index (κ2) is 7.62. The van der Waals surface area contributed by atoms with Crippen molar-refractivity contribution >= 4 is 23.4 Å². The van der Waals surface area contributed by atoms with Gasteiger partial charge in [-0.05, 0) is 54.9 Å². The summed E-state index contributed by atoms with van der Waals surface area (Å²) in [5.41, 5.74) is 2.35. The van der Waals surface area contributed by atoms with E-state index >= 15 is 0 Å². The van der Waals surface area contributed by atoms with Crippen LogP contribution in [0.5, 0.6) is 0 Å². The SMILES string of the molecule is CCCNCc1cnc(Sc2ncccc2Cl)c(C)c1. The number of pyridine rings is 2. The zero-order chi connectivity index (χ0) is 14.4. The Balaban J connectivity index is 2.08. The third kappa shape index (κ3) is 4.20. The Morgan fingerprint density at radius 3 is 2.85 bits per heavy atom. The lowest BCUT2D eigenvalue weighted by Crippen LogP contribution is -2.14. The van der Waals surface area contributed by atoms with E-state index in [1.54, 1.807) is 6.20 Å². The molecule has 0 radical (unpaired) electrons. The van der Waals surface area contributed by atoms with Crippen LogP contribution < -0.4 is 5.32 Å². The summed E-state index contributed by atoms with van der Waals surface area (Å²) in [5, 5.41) is 5.78. The fraction of sp³-hybridized carbons (Fsp3) is 0.333. The van der Waals surface area contributed by atoms with Crippen molar-refractivity contribution in [1.82, 2.24) is 15.3 Å². The molecule has 0 aliphatic rings. The summed E-state index contributed by atoms with van der Waals surface area (Å²) in [6, 6.07) is 5.83. The van der Waals surface area contributed by atoms with Gasteiger partial charge in [0.2, 0.25) is 0 Å². The zero-order valence-electron chi connectivity index (χ0n) is 11.7. The first-order chi connectivity index (χ1) is 9.70. The highest BCUT2D eigenvalue weighted by Gasteiger charge is 2.08. The summed E-state index contributed by atoms with van der Waals surface area (Å²) in [6.07, 6.45) is 4.79. The van der Waals surface area contributed by atoms with Gasteiger partial charge in [-0.3, -0.25) is 0 Å². The van der Waals surface area contributed by atoms with Crippen molar-refractivity contribution < 1.29 is 0 Å². The van der Waals surface area contributed by atoms with Gasteiger partial charge >= 0.3 is 0 Å². The number of aryl methyl sites for hydroxylation is 1. The molecule has 0 saturated heterocycles. The van der Waals surface area contributed by atoms with E-state index in [0.29, 0.717) is 5.02 Å². The van der Waals surface area contributed by atoms with Crippen LogP contribution >= 0.6 is 23.4 Å². The number of aromatic nitrogens is 2. The van der Waals surface area contributed by atoms with Crippen LogP contribution in [0.25, 0.3) is 0 Å². The molecule has 2 aromatic heterocycles. The van der Waals surface area contributed by atoms with Crippen LogP contribution in [0.15, 0.2) is 40.6 Å².